The Labute approximate surface area is 122 Å². The van der Waals surface area contributed by atoms with E-state index >= 15 is 0 Å². The second-order valence-electron chi connectivity index (χ2n) is 4.15. The van der Waals surface area contributed by atoms with Gasteiger partial charge in [-0.2, -0.15) is 0 Å². The van der Waals surface area contributed by atoms with E-state index in [1.807, 2.05) is 0 Å². The predicted octanol–water partition coefficient (Wildman–Crippen LogP) is 0.378. The molecule has 5 nitrogen and oxygen atoms in total. The number of nitrogens with zero attached hydrogens (tertiary/aromatic N) is 1. The van der Waals surface area contributed by atoms with Crippen molar-refractivity contribution in [2.24, 2.45) is 0 Å². The SMILES string of the molecule is CCN(CC(=O)NC)C(=O)c1ccc(C#CCO)c(F)c1. The lowest BCUT2D eigenvalue weighted by Gasteiger charge is -2.20. The van der Waals surface area contributed by atoms with Gasteiger partial charge in [0.25, 0.3) is 5.91 Å². The van der Waals surface area contributed by atoms with Crippen LogP contribution in [-0.2, 0) is 4.79 Å². The van der Waals surface area contributed by atoms with Crippen LogP contribution in [0.1, 0.15) is 22.8 Å². The lowest BCUT2D eigenvalue weighted by Crippen LogP contribution is -2.39. The molecule has 6 heteroatoms. The minimum absolute atomic E-state index is 0.0838. The summed E-state index contributed by atoms with van der Waals surface area (Å²) in [5.74, 6) is 3.42. The fraction of sp³-hybridized carbons (Fsp3) is 0.333. The van der Waals surface area contributed by atoms with Crippen LogP contribution in [0, 0.1) is 17.7 Å². The fourth-order valence-electron chi connectivity index (χ4n) is 1.65. The first-order valence-electron chi connectivity index (χ1n) is 6.42. The number of halogens is 1. The van der Waals surface area contributed by atoms with Crippen LogP contribution >= 0.6 is 0 Å². The molecule has 21 heavy (non-hydrogen) atoms. The van der Waals surface area contributed by atoms with Gasteiger partial charge in [-0.15, -0.1) is 0 Å². The number of benzene rings is 1. The van der Waals surface area contributed by atoms with Crippen LogP contribution in [0.5, 0.6) is 0 Å². The summed E-state index contributed by atoms with van der Waals surface area (Å²) >= 11 is 0. The van der Waals surface area contributed by atoms with E-state index in [2.05, 4.69) is 17.2 Å². The van der Waals surface area contributed by atoms with Gasteiger partial charge in [0.2, 0.25) is 5.91 Å². The zero-order valence-electron chi connectivity index (χ0n) is 11.9. The maximum Gasteiger partial charge on any atom is 0.254 e. The minimum Gasteiger partial charge on any atom is -0.384 e. The van der Waals surface area contributed by atoms with Gasteiger partial charge in [0, 0.05) is 19.2 Å². The summed E-state index contributed by atoms with van der Waals surface area (Å²) in [5, 5.41) is 11.0. The number of aliphatic hydroxyl groups is 1. The van der Waals surface area contributed by atoms with E-state index in [4.69, 9.17) is 5.11 Å². The van der Waals surface area contributed by atoms with E-state index in [9.17, 15) is 14.0 Å². The number of hydrogen-bond acceptors (Lipinski definition) is 3. The Morgan fingerprint density at radius 3 is 2.67 bits per heavy atom. The molecule has 1 aromatic carbocycles. The summed E-state index contributed by atoms with van der Waals surface area (Å²) in [7, 11) is 1.48. The van der Waals surface area contributed by atoms with Crippen molar-refractivity contribution in [3.8, 4) is 11.8 Å². The summed E-state index contributed by atoms with van der Waals surface area (Å²) in [6, 6.07) is 3.90. The van der Waals surface area contributed by atoms with Crippen LogP contribution in [0.25, 0.3) is 0 Å². The molecule has 0 aliphatic rings. The number of carbonyl (C=O) groups is 2. The Balaban J connectivity index is 2.96. The van der Waals surface area contributed by atoms with Crippen LogP contribution in [0.2, 0.25) is 0 Å². The smallest absolute Gasteiger partial charge is 0.254 e. The molecule has 0 bridgehead atoms. The predicted molar refractivity (Wildman–Crippen MR) is 76.0 cm³/mol. The zero-order chi connectivity index (χ0) is 15.8. The Morgan fingerprint density at radius 2 is 2.14 bits per heavy atom. The zero-order valence-corrected chi connectivity index (χ0v) is 11.9. The number of likely N-dealkylation sites (N-methyl/N-ethyl adjacent to an activating group) is 2. The largest absolute Gasteiger partial charge is 0.384 e. The van der Waals surface area contributed by atoms with Gasteiger partial charge >= 0.3 is 0 Å². The van der Waals surface area contributed by atoms with E-state index in [1.54, 1.807) is 6.92 Å². The lowest BCUT2D eigenvalue weighted by atomic mass is 10.1. The maximum absolute atomic E-state index is 13.8. The molecule has 112 valence electrons. The number of rotatable bonds is 4. The van der Waals surface area contributed by atoms with Gasteiger partial charge in [0.15, 0.2) is 0 Å². The topological polar surface area (TPSA) is 69.6 Å². The Kier molecular flexibility index (Phi) is 6.37. The van der Waals surface area contributed by atoms with Crippen LogP contribution in [0.15, 0.2) is 18.2 Å². The molecule has 0 saturated carbocycles. The third-order valence-corrected chi connectivity index (χ3v) is 2.80. The summed E-state index contributed by atoms with van der Waals surface area (Å²) in [4.78, 5) is 24.9. The van der Waals surface area contributed by atoms with E-state index in [0.717, 1.165) is 6.07 Å². The highest BCUT2D eigenvalue weighted by Crippen LogP contribution is 2.12. The normalized spacial score (nSPS) is 9.52. The highest BCUT2D eigenvalue weighted by Gasteiger charge is 2.17. The number of aliphatic hydroxyl groups excluding tert-OH is 1. The Hall–Kier alpha value is -2.39. The maximum atomic E-state index is 13.8. The molecule has 0 heterocycles. The van der Waals surface area contributed by atoms with Gasteiger partial charge in [-0.3, -0.25) is 9.59 Å². The average molecular weight is 292 g/mol. The summed E-state index contributed by atoms with van der Waals surface area (Å²) in [6.07, 6.45) is 0. The van der Waals surface area contributed by atoms with Gasteiger partial charge in [0.05, 0.1) is 12.1 Å². The summed E-state index contributed by atoms with van der Waals surface area (Å²) < 4.78 is 13.8. The van der Waals surface area contributed by atoms with Crippen molar-refractivity contribution in [1.82, 2.24) is 10.2 Å². The molecule has 1 rings (SSSR count). The number of carbonyl (C=O) groups excluding carboxylic acids is 2. The van der Waals surface area contributed by atoms with Crippen molar-refractivity contribution < 1.29 is 19.1 Å². The molecule has 0 aliphatic heterocycles. The van der Waals surface area contributed by atoms with Crippen molar-refractivity contribution in [2.45, 2.75) is 6.92 Å². The number of hydrogen-bond donors (Lipinski definition) is 2. The second kappa shape index (κ2) is 8.02. The molecule has 2 N–H and O–H groups in total. The van der Waals surface area contributed by atoms with Crippen LogP contribution in [-0.4, -0.2) is 48.6 Å². The molecule has 0 unspecified atom stereocenters. The van der Waals surface area contributed by atoms with Crippen molar-refractivity contribution in [2.75, 3.05) is 26.7 Å². The fourth-order valence-corrected chi connectivity index (χ4v) is 1.65. The van der Waals surface area contributed by atoms with Gasteiger partial charge in [-0.05, 0) is 25.1 Å². The monoisotopic (exact) mass is 292 g/mol. The van der Waals surface area contributed by atoms with Crippen LogP contribution in [0.4, 0.5) is 4.39 Å². The number of amides is 2. The molecule has 1 aromatic rings. The van der Waals surface area contributed by atoms with Gasteiger partial charge in [0.1, 0.15) is 12.4 Å². The van der Waals surface area contributed by atoms with E-state index in [1.165, 1.54) is 24.1 Å². The Morgan fingerprint density at radius 1 is 1.43 bits per heavy atom. The third kappa shape index (κ3) is 4.58. The standard InChI is InChI=1S/C15H17FN2O3/c1-3-18(10-14(20)17-2)15(21)12-7-6-11(5-4-8-19)13(16)9-12/h6-7,9,19H,3,8,10H2,1-2H3,(H,17,20). The van der Waals surface area contributed by atoms with Gasteiger partial charge < -0.3 is 15.3 Å². The number of nitrogens with one attached hydrogen (secondary N) is 1. The minimum atomic E-state index is -0.641. The highest BCUT2D eigenvalue weighted by molar-refractivity contribution is 5.96. The molecule has 0 radical (unpaired) electrons. The molecule has 2 amide bonds. The van der Waals surface area contributed by atoms with Gasteiger partial charge in [-0.25, -0.2) is 4.39 Å². The Bertz CT molecular complexity index is 590. The first-order valence-corrected chi connectivity index (χ1v) is 6.42. The molecule has 0 atom stereocenters. The first-order chi connectivity index (χ1) is 10.0. The molecule has 0 saturated heterocycles. The van der Waals surface area contributed by atoms with E-state index < -0.39 is 11.7 Å². The van der Waals surface area contributed by atoms with Crippen molar-refractivity contribution in [1.29, 1.82) is 0 Å². The molecule has 0 spiro atoms. The molecular formula is C15H17FN2O3. The molecule has 0 aliphatic carbocycles. The summed E-state index contributed by atoms with van der Waals surface area (Å²) in [5.41, 5.74) is 0.253. The average Bonchev–Trinajstić information content (AvgIpc) is 2.50. The molecule has 0 aromatic heterocycles. The third-order valence-electron chi connectivity index (χ3n) is 2.80. The first kappa shape index (κ1) is 16.7. The summed E-state index contributed by atoms with van der Waals surface area (Å²) in [6.45, 7) is 1.62. The quantitative estimate of drug-likeness (QED) is 0.788. The highest BCUT2D eigenvalue weighted by atomic mass is 19.1. The van der Waals surface area contributed by atoms with Crippen molar-refractivity contribution in [3.05, 3.63) is 35.1 Å². The van der Waals surface area contributed by atoms with Crippen LogP contribution < -0.4 is 5.32 Å². The van der Waals surface area contributed by atoms with Crippen LogP contribution in [0.3, 0.4) is 0 Å². The van der Waals surface area contributed by atoms with Gasteiger partial charge in [-0.1, -0.05) is 11.8 Å². The van der Waals surface area contributed by atoms with E-state index in [0.29, 0.717) is 6.54 Å². The lowest BCUT2D eigenvalue weighted by molar-refractivity contribution is -0.121. The van der Waals surface area contributed by atoms with E-state index in [-0.39, 0.29) is 30.2 Å². The molecule has 0 fully saturated rings. The second-order valence-corrected chi connectivity index (χ2v) is 4.15. The van der Waals surface area contributed by atoms with Crippen molar-refractivity contribution >= 4 is 11.8 Å². The van der Waals surface area contributed by atoms with Crippen molar-refractivity contribution in [3.63, 3.8) is 0 Å². The molecular weight excluding hydrogens is 275 g/mol.